The fourth-order valence-corrected chi connectivity index (χ4v) is 3.87. The summed E-state index contributed by atoms with van der Waals surface area (Å²) in [6, 6.07) is 10.2. The Balaban J connectivity index is 2.10. The highest BCUT2D eigenvalue weighted by molar-refractivity contribution is 9.10. The summed E-state index contributed by atoms with van der Waals surface area (Å²) < 4.78 is 2.11. The summed E-state index contributed by atoms with van der Waals surface area (Å²) in [5.41, 5.74) is 1.25. The fraction of sp³-hybridized carbons (Fsp3) is 0.438. The van der Waals surface area contributed by atoms with E-state index in [1.54, 1.807) is 11.7 Å². The van der Waals surface area contributed by atoms with E-state index in [0.717, 1.165) is 31.2 Å². The van der Waals surface area contributed by atoms with Gasteiger partial charge in [-0.15, -0.1) is 5.10 Å². The number of aryl methyl sites for hydroxylation is 1. The highest BCUT2D eigenvalue weighted by Gasteiger charge is 2.43. The van der Waals surface area contributed by atoms with E-state index in [0.29, 0.717) is 10.3 Å². The smallest absolute Gasteiger partial charge is 0.194 e. The van der Waals surface area contributed by atoms with Crippen LogP contribution < -0.4 is 0 Å². The molecule has 5 heteroatoms. The largest absolute Gasteiger partial charge is 0.291 e. The molecule has 1 fully saturated rings. The van der Waals surface area contributed by atoms with Crippen LogP contribution in [0.2, 0.25) is 0 Å². The normalized spacial score (nSPS) is 17.6. The van der Waals surface area contributed by atoms with Gasteiger partial charge in [0.15, 0.2) is 10.4 Å². The van der Waals surface area contributed by atoms with Crippen molar-refractivity contribution in [2.24, 2.45) is 7.05 Å². The number of rotatable bonds is 3. The van der Waals surface area contributed by atoms with Gasteiger partial charge in [-0.3, -0.25) is 4.79 Å². The number of hydrogen-bond acceptors (Lipinski definition) is 3. The van der Waals surface area contributed by atoms with Crippen molar-refractivity contribution in [3.05, 3.63) is 46.2 Å². The Morgan fingerprint density at radius 3 is 2.43 bits per heavy atom. The first kappa shape index (κ1) is 14.4. The zero-order valence-electron chi connectivity index (χ0n) is 12.1. The van der Waals surface area contributed by atoms with Crippen molar-refractivity contribution in [3.8, 4) is 0 Å². The van der Waals surface area contributed by atoms with Crippen molar-refractivity contribution in [3.63, 3.8) is 0 Å². The van der Waals surface area contributed by atoms with Gasteiger partial charge < -0.3 is 0 Å². The van der Waals surface area contributed by atoms with Crippen molar-refractivity contribution in [2.75, 3.05) is 0 Å². The molecule has 110 valence electrons. The van der Waals surface area contributed by atoms with Crippen LogP contribution >= 0.6 is 15.9 Å². The van der Waals surface area contributed by atoms with Gasteiger partial charge in [0.25, 0.3) is 0 Å². The van der Waals surface area contributed by atoms with E-state index in [-0.39, 0.29) is 5.78 Å². The lowest BCUT2D eigenvalue weighted by atomic mass is 9.66. The van der Waals surface area contributed by atoms with Crippen LogP contribution in [0.5, 0.6) is 0 Å². The lowest BCUT2D eigenvalue weighted by Crippen LogP contribution is -2.39. The standard InChI is InChI=1S/C16H18BrN3O/c1-20-13(15(17)18-19-20)14(21)16(10-6-3-7-11-16)12-8-4-2-5-9-12/h2,4-5,8-9H,3,6-7,10-11H2,1H3. The lowest BCUT2D eigenvalue weighted by Gasteiger charge is -2.36. The molecule has 2 aromatic rings. The second-order valence-electron chi connectivity index (χ2n) is 5.69. The summed E-state index contributed by atoms with van der Waals surface area (Å²) in [4.78, 5) is 13.3. The Kier molecular flexibility index (Phi) is 3.93. The third-order valence-corrected chi connectivity index (χ3v) is 5.00. The van der Waals surface area contributed by atoms with Crippen LogP contribution in [0.25, 0.3) is 0 Å². The van der Waals surface area contributed by atoms with Gasteiger partial charge in [-0.25, -0.2) is 4.68 Å². The van der Waals surface area contributed by atoms with Gasteiger partial charge in [-0.05, 0) is 34.3 Å². The molecule has 1 heterocycles. The maximum atomic E-state index is 13.3. The van der Waals surface area contributed by atoms with Crippen molar-refractivity contribution in [1.82, 2.24) is 15.0 Å². The molecule has 1 aromatic heterocycles. The molecule has 0 unspecified atom stereocenters. The van der Waals surface area contributed by atoms with Crippen LogP contribution in [-0.4, -0.2) is 20.8 Å². The minimum absolute atomic E-state index is 0.132. The van der Waals surface area contributed by atoms with Gasteiger partial charge in [-0.1, -0.05) is 54.8 Å². The van der Waals surface area contributed by atoms with E-state index < -0.39 is 5.41 Å². The first-order valence-electron chi connectivity index (χ1n) is 7.31. The Hall–Kier alpha value is -1.49. The van der Waals surface area contributed by atoms with E-state index in [1.165, 1.54) is 6.42 Å². The van der Waals surface area contributed by atoms with E-state index in [4.69, 9.17) is 0 Å². The van der Waals surface area contributed by atoms with Gasteiger partial charge >= 0.3 is 0 Å². The monoisotopic (exact) mass is 347 g/mol. The molecule has 1 aliphatic rings. The minimum Gasteiger partial charge on any atom is -0.291 e. The number of hydrogen-bond donors (Lipinski definition) is 0. The Bertz CT molecular complexity index is 625. The van der Waals surface area contributed by atoms with Gasteiger partial charge in [0.2, 0.25) is 0 Å². The zero-order valence-corrected chi connectivity index (χ0v) is 13.6. The van der Waals surface area contributed by atoms with Crippen molar-refractivity contribution in [1.29, 1.82) is 0 Å². The molecule has 1 aliphatic carbocycles. The highest BCUT2D eigenvalue weighted by atomic mass is 79.9. The average Bonchev–Trinajstić information content (AvgIpc) is 2.87. The third kappa shape index (κ3) is 2.44. The first-order chi connectivity index (χ1) is 10.1. The van der Waals surface area contributed by atoms with Crippen molar-refractivity contribution >= 4 is 21.7 Å². The maximum absolute atomic E-state index is 13.3. The quantitative estimate of drug-likeness (QED) is 0.796. The molecular weight excluding hydrogens is 330 g/mol. The summed E-state index contributed by atoms with van der Waals surface area (Å²) in [7, 11) is 1.77. The van der Waals surface area contributed by atoms with Crippen LogP contribution in [-0.2, 0) is 12.5 Å². The molecule has 21 heavy (non-hydrogen) atoms. The van der Waals surface area contributed by atoms with E-state index in [9.17, 15) is 4.79 Å². The molecular formula is C16H18BrN3O. The SMILES string of the molecule is Cn1nnc(Br)c1C(=O)C1(c2ccccc2)CCCCC1. The van der Waals surface area contributed by atoms with Gasteiger partial charge in [-0.2, -0.15) is 0 Å². The number of carbonyl (C=O) groups excluding carboxylic acids is 1. The molecule has 0 spiro atoms. The number of ketones is 1. The second kappa shape index (κ2) is 5.72. The number of aromatic nitrogens is 3. The Morgan fingerprint density at radius 2 is 1.86 bits per heavy atom. The molecule has 0 amide bonds. The molecule has 1 aromatic carbocycles. The van der Waals surface area contributed by atoms with Crippen LogP contribution in [0.1, 0.15) is 48.2 Å². The molecule has 0 saturated heterocycles. The molecule has 0 atom stereocenters. The average molecular weight is 348 g/mol. The zero-order chi connectivity index (χ0) is 14.9. The van der Waals surface area contributed by atoms with E-state index in [2.05, 4.69) is 38.4 Å². The summed E-state index contributed by atoms with van der Waals surface area (Å²) in [5.74, 6) is 0.132. The summed E-state index contributed by atoms with van der Waals surface area (Å²) in [6.45, 7) is 0. The topological polar surface area (TPSA) is 47.8 Å². The van der Waals surface area contributed by atoms with E-state index in [1.807, 2.05) is 18.2 Å². The molecule has 0 N–H and O–H groups in total. The fourth-order valence-electron chi connectivity index (χ4n) is 3.36. The minimum atomic E-state index is -0.433. The Labute approximate surface area is 132 Å². The maximum Gasteiger partial charge on any atom is 0.194 e. The molecule has 4 nitrogen and oxygen atoms in total. The van der Waals surface area contributed by atoms with Crippen LogP contribution in [0.4, 0.5) is 0 Å². The predicted octanol–water partition coefficient (Wildman–Crippen LogP) is 3.66. The first-order valence-corrected chi connectivity index (χ1v) is 8.10. The summed E-state index contributed by atoms with van der Waals surface area (Å²) in [6.07, 6.45) is 5.17. The van der Waals surface area contributed by atoms with Gasteiger partial charge in [0, 0.05) is 7.05 Å². The molecule has 3 rings (SSSR count). The van der Waals surface area contributed by atoms with Gasteiger partial charge in [0.1, 0.15) is 5.69 Å². The molecule has 1 saturated carbocycles. The number of nitrogens with zero attached hydrogens (tertiary/aromatic N) is 3. The third-order valence-electron chi connectivity index (χ3n) is 4.47. The number of carbonyl (C=O) groups is 1. The van der Waals surface area contributed by atoms with E-state index >= 15 is 0 Å². The summed E-state index contributed by atoms with van der Waals surface area (Å²) in [5, 5.41) is 7.92. The van der Waals surface area contributed by atoms with Crippen molar-refractivity contribution in [2.45, 2.75) is 37.5 Å². The highest BCUT2D eigenvalue weighted by Crippen LogP contribution is 2.42. The van der Waals surface area contributed by atoms with Crippen LogP contribution in [0, 0.1) is 0 Å². The summed E-state index contributed by atoms with van der Waals surface area (Å²) >= 11 is 3.37. The van der Waals surface area contributed by atoms with Gasteiger partial charge in [0.05, 0.1) is 5.41 Å². The molecule has 0 bridgehead atoms. The number of benzene rings is 1. The molecule has 0 radical (unpaired) electrons. The lowest BCUT2D eigenvalue weighted by molar-refractivity contribution is 0.0828. The van der Waals surface area contributed by atoms with Crippen LogP contribution in [0.15, 0.2) is 34.9 Å². The number of Topliss-reactive ketones (excluding diaryl/α,β-unsaturated/α-hetero) is 1. The van der Waals surface area contributed by atoms with Crippen LogP contribution in [0.3, 0.4) is 0 Å². The van der Waals surface area contributed by atoms with Crippen molar-refractivity contribution < 1.29 is 4.79 Å². The second-order valence-corrected chi connectivity index (χ2v) is 6.44. The Morgan fingerprint density at radius 1 is 1.19 bits per heavy atom. The number of halogens is 1. The predicted molar refractivity (Wildman–Crippen MR) is 84.2 cm³/mol. The molecule has 0 aliphatic heterocycles.